The van der Waals surface area contributed by atoms with E-state index < -0.39 is 15.8 Å². The van der Waals surface area contributed by atoms with Crippen LogP contribution in [0, 0.1) is 0 Å². The molecular weight excluding hydrogens is 343 g/mol. The van der Waals surface area contributed by atoms with Crippen LogP contribution in [0.2, 0.25) is 5.02 Å². The zero-order chi connectivity index (χ0) is 12.5. The van der Waals surface area contributed by atoms with Crippen molar-refractivity contribution >= 4 is 43.3 Å². The second kappa shape index (κ2) is 6.54. The van der Waals surface area contributed by atoms with E-state index in [-0.39, 0.29) is 57.4 Å². The van der Waals surface area contributed by atoms with Gasteiger partial charge in [-0.15, -0.1) is 0 Å². The van der Waals surface area contributed by atoms with Crippen molar-refractivity contribution in [1.29, 1.82) is 0 Å². The summed E-state index contributed by atoms with van der Waals surface area (Å²) in [6, 6.07) is 2.44. The van der Waals surface area contributed by atoms with Crippen LogP contribution in [0.25, 0.3) is 0 Å². The van der Waals surface area contributed by atoms with Gasteiger partial charge in [0.25, 0.3) is 0 Å². The Morgan fingerprint density at radius 1 is 1.53 bits per heavy atom. The smallest absolute Gasteiger partial charge is 1.00 e. The molecule has 0 aromatic heterocycles. The molecule has 0 aliphatic heterocycles. The van der Waals surface area contributed by atoms with Gasteiger partial charge in [0.15, 0.2) is 9.84 Å². The van der Waals surface area contributed by atoms with E-state index in [0.717, 1.165) is 6.26 Å². The molecule has 4 nitrogen and oxygen atoms in total. The van der Waals surface area contributed by atoms with Crippen LogP contribution in [0.1, 0.15) is 17.3 Å². The van der Waals surface area contributed by atoms with Gasteiger partial charge in [0.1, 0.15) is 0 Å². The fraction of sp³-hybridized carbons (Fsp3) is 0.222. The number of rotatable bonds is 3. The van der Waals surface area contributed by atoms with Gasteiger partial charge in [-0.2, -0.15) is 0 Å². The minimum atomic E-state index is -3.42. The summed E-state index contributed by atoms with van der Waals surface area (Å²) in [6.07, 6.45) is 1.05. The summed E-state index contributed by atoms with van der Waals surface area (Å²) in [5.41, 5.74) is 0.160. The average molecular weight is 352 g/mol. The Balaban J connectivity index is 0. The van der Waals surface area contributed by atoms with Crippen molar-refractivity contribution in [3.8, 4) is 0 Å². The monoisotopic (exact) mass is 350 g/mol. The first kappa shape index (κ1) is 17.4. The molecule has 0 saturated carbocycles. The van der Waals surface area contributed by atoms with E-state index in [1.54, 1.807) is 0 Å². The summed E-state index contributed by atoms with van der Waals surface area (Å²) < 4.78 is 22.8. The quantitative estimate of drug-likeness (QED) is 0.586. The molecule has 0 aliphatic carbocycles. The van der Waals surface area contributed by atoms with Gasteiger partial charge in [0, 0.05) is 17.1 Å². The van der Waals surface area contributed by atoms with Crippen molar-refractivity contribution in [1.82, 2.24) is 0 Å². The molecule has 0 spiro atoms. The van der Waals surface area contributed by atoms with E-state index in [0.29, 0.717) is 0 Å². The molecule has 0 unspecified atom stereocenters. The number of aromatic carboxylic acids is 1. The van der Waals surface area contributed by atoms with Crippen molar-refractivity contribution in [2.75, 3.05) is 6.26 Å². The van der Waals surface area contributed by atoms with Gasteiger partial charge in [0.2, 0.25) is 0 Å². The Morgan fingerprint density at radius 2 is 2.06 bits per heavy atom. The van der Waals surface area contributed by atoms with Gasteiger partial charge in [-0.05, 0) is 12.1 Å². The molecule has 0 radical (unpaired) electrons. The van der Waals surface area contributed by atoms with Crippen LogP contribution in [0.3, 0.4) is 0 Å². The molecule has 0 heterocycles. The number of sulfone groups is 1. The van der Waals surface area contributed by atoms with Crippen molar-refractivity contribution in [3.63, 3.8) is 0 Å². The zero-order valence-electron chi connectivity index (χ0n) is 10.2. The Kier molecular flexibility index (Phi) is 6.70. The zero-order valence-corrected chi connectivity index (χ0v) is 14.4. The first-order valence-corrected chi connectivity index (χ1v) is 7.48. The molecule has 17 heavy (non-hydrogen) atoms. The fourth-order valence-electron chi connectivity index (χ4n) is 1.24. The van der Waals surface area contributed by atoms with Gasteiger partial charge < -0.3 is 6.53 Å². The van der Waals surface area contributed by atoms with Crippen molar-refractivity contribution in [3.05, 3.63) is 28.3 Å². The number of alkyl halides is 1. The maximum absolute atomic E-state index is 11.4. The van der Waals surface area contributed by atoms with Crippen LogP contribution in [-0.2, 0) is 15.2 Å². The third-order valence-corrected chi connectivity index (χ3v) is 4.14. The fourth-order valence-corrected chi connectivity index (χ4v) is 3.48. The number of carboxylic acid groups (broad SMARTS) is 1. The van der Waals surface area contributed by atoms with Crippen molar-refractivity contribution < 1.29 is 49.3 Å². The second-order valence-corrected chi connectivity index (χ2v) is 6.04. The number of carboxylic acids is 1. The average Bonchev–Trinajstić information content (AvgIpc) is 2.15. The molecule has 0 aliphatic rings. The maximum Gasteiger partial charge on any atom is 1.00 e. The molecule has 1 N–H and O–H groups in total. The molecule has 0 atom stereocenters. The molecule has 1 aromatic carbocycles. The van der Waals surface area contributed by atoms with Crippen molar-refractivity contribution in [2.45, 2.75) is 10.2 Å². The summed E-state index contributed by atoms with van der Waals surface area (Å²) in [5, 5.41) is 8.96. The summed E-state index contributed by atoms with van der Waals surface area (Å²) in [7, 11) is -3.42. The standard InChI is InChI=1S/C9H8BrClO4S.Na.H/c1-16(14,15)7-3-2-5(9(12)13)8(11)6(7)4-10;;/h2-3H,4H2,1H3,(H,12,13);;/q;+1;-1. The van der Waals surface area contributed by atoms with Crippen LogP contribution in [0.4, 0.5) is 0 Å². The third-order valence-electron chi connectivity index (χ3n) is 1.96. The second-order valence-electron chi connectivity index (χ2n) is 3.11. The summed E-state index contributed by atoms with van der Waals surface area (Å²) >= 11 is 8.93. The summed E-state index contributed by atoms with van der Waals surface area (Å²) in [5.74, 6) is -1.19. The normalized spacial score (nSPS) is 10.8. The van der Waals surface area contributed by atoms with Crippen molar-refractivity contribution in [2.24, 2.45) is 0 Å². The largest absolute Gasteiger partial charge is 1.00 e. The predicted molar refractivity (Wildman–Crippen MR) is 65.3 cm³/mol. The van der Waals surface area contributed by atoms with Crippen LogP contribution >= 0.6 is 27.5 Å². The molecular formula is C9H9BrClNaO4S. The van der Waals surface area contributed by atoms with E-state index in [1.807, 2.05) is 0 Å². The van der Waals surface area contributed by atoms with E-state index in [1.165, 1.54) is 12.1 Å². The molecule has 90 valence electrons. The van der Waals surface area contributed by atoms with E-state index in [4.69, 9.17) is 16.7 Å². The van der Waals surface area contributed by atoms with Crippen LogP contribution < -0.4 is 29.6 Å². The maximum atomic E-state index is 11.4. The van der Waals surface area contributed by atoms with E-state index >= 15 is 0 Å². The first-order chi connectivity index (χ1) is 7.29. The van der Waals surface area contributed by atoms with Gasteiger partial charge in [-0.3, -0.25) is 0 Å². The molecule has 0 bridgehead atoms. The first-order valence-electron chi connectivity index (χ1n) is 4.09. The van der Waals surface area contributed by atoms with Gasteiger partial charge in [-0.1, -0.05) is 27.5 Å². The van der Waals surface area contributed by atoms with Gasteiger partial charge in [-0.25, -0.2) is 13.2 Å². The van der Waals surface area contributed by atoms with Crippen LogP contribution in [0.15, 0.2) is 17.0 Å². The number of hydrogen-bond donors (Lipinski definition) is 1. The van der Waals surface area contributed by atoms with E-state index in [2.05, 4.69) is 15.9 Å². The summed E-state index contributed by atoms with van der Waals surface area (Å²) in [4.78, 5) is 10.8. The number of benzene rings is 1. The predicted octanol–water partition coefficient (Wildman–Crippen LogP) is -0.547. The van der Waals surface area contributed by atoms with Gasteiger partial charge in [0.05, 0.1) is 15.5 Å². The Morgan fingerprint density at radius 3 is 2.41 bits per heavy atom. The Hall–Kier alpha value is 0.410. The van der Waals surface area contributed by atoms with Crippen LogP contribution in [-0.4, -0.2) is 25.7 Å². The number of carbonyl (C=O) groups is 1. The summed E-state index contributed by atoms with van der Waals surface area (Å²) in [6.45, 7) is 0. The third kappa shape index (κ3) is 3.94. The molecule has 1 aromatic rings. The SMILES string of the molecule is CS(=O)(=O)c1ccc(C(=O)O)c(Cl)c1CBr.[H-].[Na+]. The minimum Gasteiger partial charge on any atom is -1.00 e. The molecule has 0 fully saturated rings. The molecule has 8 heteroatoms. The number of hydrogen-bond acceptors (Lipinski definition) is 3. The topological polar surface area (TPSA) is 71.4 Å². The molecule has 0 amide bonds. The number of halogens is 2. The Labute approximate surface area is 136 Å². The minimum absolute atomic E-state index is 0. The molecule has 1 rings (SSSR count). The Bertz CT molecular complexity index is 550. The molecule has 0 saturated heterocycles. The van der Waals surface area contributed by atoms with Gasteiger partial charge >= 0.3 is 35.5 Å². The van der Waals surface area contributed by atoms with E-state index in [9.17, 15) is 13.2 Å². The van der Waals surface area contributed by atoms with Crippen LogP contribution in [0.5, 0.6) is 0 Å².